The molecule has 0 spiro atoms. The average molecular weight is 467 g/mol. The van der Waals surface area contributed by atoms with Gasteiger partial charge in [0.15, 0.2) is 0 Å². The lowest BCUT2D eigenvalue weighted by molar-refractivity contribution is 0.168. The number of aryl methyl sites for hydroxylation is 1. The van der Waals surface area contributed by atoms with Crippen molar-refractivity contribution >= 4 is 25.4 Å². The van der Waals surface area contributed by atoms with Crippen LogP contribution in [0.5, 0.6) is 17.2 Å². The normalized spacial score (nSPS) is 21.4. The molecule has 7 heteroatoms. The average Bonchev–Trinajstić information content (AvgIpc) is 2.85. The van der Waals surface area contributed by atoms with Crippen molar-refractivity contribution in [2.45, 2.75) is 25.4 Å². The van der Waals surface area contributed by atoms with Crippen molar-refractivity contribution in [1.29, 1.82) is 0 Å². The maximum atomic E-state index is 6.94. The van der Waals surface area contributed by atoms with E-state index in [4.69, 9.17) is 23.3 Å². The van der Waals surface area contributed by atoms with Gasteiger partial charge in [0.1, 0.15) is 17.2 Å². The number of methoxy groups -OCH3 is 2. The molecule has 2 atom stereocenters. The van der Waals surface area contributed by atoms with Crippen LogP contribution < -0.4 is 24.6 Å². The summed E-state index contributed by atoms with van der Waals surface area (Å²) in [6.45, 7) is 0. The molecule has 1 aliphatic carbocycles. The Morgan fingerprint density at radius 2 is 1.56 bits per heavy atom. The van der Waals surface area contributed by atoms with E-state index in [9.17, 15) is 0 Å². The van der Waals surface area contributed by atoms with Crippen LogP contribution in [0.2, 0.25) is 0 Å². The smallest absolute Gasteiger partial charge is 0.292 e. The van der Waals surface area contributed by atoms with Gasteiger partial charge in [0, 0.05) is 23.2 Å². The summed E-state index contributed by atoms with van der Waals surface area (Å²) < 4.78 is 30.3. The summed E-state index contributed by atoms with van der Waals surface area (Å²) >= 11 is 0. The summed E-state index contributed by atoms with van der Waals surface area (Å²) in [5.41, 5.74) is 2.53. The number of rotatable bonds is 5. The SMILES string of the molecule is CN=P1(P(c2ccccc2OC)c2ccccc2OC)Oc2cccc3c2C(CCC3)O1. The van der Waals surface area contributed by atoms with E-state index in [0.29, 0.717) is 0 Å². The second kappa shape index (κ2) is 8.90. The van der Waals surface area contributed by atoms with Crippen LogP contribution in [0.25, 0.3) is 0 Å². The molecule has 0 bridgehead atoms. The molecule has 0 amide bonds. The van der Waals surface area contributed by atoms with E-state index in [2.05, 4.69) is 30.3 Å². The third-order valence-electron chi connectivity index (χ3n) is 6.00. The van der Waals surface area contributed by atoms with Crippen LogP contribution in [0.4, 0.5) is 0 Å². The van der Waals surface area contributed by atoms with Gasteiger partial charge in [-0.2, -0.15) is 0 Å². The fraction of sp³-hybridized carbons (Fsp3) is 0.280. The molecule has 5 rings (SSSR count). The van der Waals surface area contributed by atoms with Crippen LogP contribution in [0.3, 0.4) is 0 Å². The highest BCUT2D eigenvalue weighted by molar-refractivity contribution is 8.36. The third kappa shape index (κ3) is 3.53. The first kappa shape index (κ1) is 21.5. The topological polar surface area (TPSA) is 49.3 Å². The summed E-state index contributed by atoms with van der Waals surface area (Å²) in [5, 5.41) is 2.09. The minimum atomic E-state index is -2.77. The standard InChI is InChI=1S/C25H27NO4P2/c1-26-32(29-21-14-8-10-18-11-9-15-22(30-32)25(18)21)31(23-16-6-4-12-19(23)27-2)24-17-7-5-13-20(24)28-3/h4-8,10,12-14,16-17,22H,9,11,15H2,1-3H3. The Labute approximate surface area is 190 Å². The summed E-state index contributed by atoms with van der Waals surface area (Å²) in [6, 6.07) is 22.6. The van der Waals surface area contributed by atoms with Gasteiger partial charge >= 0.3 is 0 Å². The maximum absolute atomic E-state index is 6.94. The lowest BCUT2D eigenvalue weighted by Gasteiger charge is -2.42. The highest BCUT2D eigenvalue weighted by Crippen LogP contribution is 2.81. The van der Waals surface area contributed by atoms with Crippen molar-refractivity contribution in [2.24, 2.45) is 4.74 Å². The summed E-state index contributed by atoms with van der Waals surface area (Å²) in [7, 11) is 1.26. The molecule has 32 heavy (non-hydrogen) atoms. The first-order chi connectivity index (χ1) is 15.7. The van der Waals surface area contributed by atoms with Gasteiger partial charge in [-0.05, 0) is 55.2 Å². The molecule has 5 nitrogen and oxygen atoms in total. The van der Waals surface area contributed by atoms with E-state index in [0.717, 1.165) is 47.1 Å². The Hall–Kier alpha value is -2.32. The number of hydrogen-bond donors (Lipinski definition) is 0. The Morgan fingerprint density at radius 3 is 2.19 bits per heavy atom. The van der Waals surface area contributed by atoms with E-state index in [1.807, 2.05) is 43.4 Å². The van der Waals surface area contributed by atoms with Gasteiger partial charge in [0.05, 0.1) is 27.9 Å². The molecule has 3 aromatic carbocycles. The van der Waals surface area contributed by atoms with Crippen LogP contribution >= 0.6 is 14.8 Å². The predicted molar refractivity (Wildman–Crippen MR) is 131 cm³/mol. The Balaban J connectivity index is 1.76. The summed E-state index contributed by atoms with van der Waals surface area (Å²) in [4.78, 5) is 0. The lowest BCUT2D eigenvalue weighted by atomic mass is 9.89. The van der Waals surface area contributed by atoms with Crippen molar-refractivity contribution in [2.75, 3.05) is 21.3 Å². The minimum absolute atomic E-state index is 0.00449. The molecule has 0 saturated carbocycles. The van der Waals surface area contributed by atoms with Crippen molar-refractivity contribution in [3.05, 3.63) is 77.9 Å². The molecule has 166 valence electrons. The minimum Gasteiger partial charge on any atom is -0.496 e. The molecule has 2 unspecified atom stereocenters. The Kier molecular flexibility index (Phi) is 5.99. The van der Waals surface area contributed by atoms with Crippen LogP contribution in [0.15, 0.2) is 71.5 Å². The predicted octanol–water partition coefficient (Wildman–Crippen LogP) is 6.20. The Morgan fingerprint density at radius 1 is 0.906 bits per heavy atom. The first-order valence-corrected chi connectivity index (χ1v) is 14.4. The molecule has 0 fully saturated rings. The third-order valence-corrected chi connectivity index (χ3v) is 13.5. The molecule has 0 aromatic heterocycles. The van der Waals surface area contributed by atoms with E-state index in [-0.39, 0.29) is 6.10 Å². The van der Waals surface area contributed by atoms with Crippen LogP contribution in [-0.4, -0.2) is 21.3 Å². The number of benzene rings is 3. The monoisotopic (exact) mass is 467 g/mol. The molecule has 1 aliphatic heterocycles. The van der Waals surface area contributed by atoms with Gasteiger partial charge in [0.2, 0.25) is 0 Å². The second-order valence-electron chi connectivity index (χ2n) is 7.75. The quantitative estimate of drug-likeness (QED) is 0.420. The van der Waals surface area contributed by atoms with Gasteiger partial charge in [-0.15, -0.1) is 0 Å². The molecule has 3 aromatic rings. The molecule has 0 radical (unpaired) electrons. The van der Waals surface area contributed by atoms with Gasteiger partial charge in [-0.3, -0.25) is 0 Å². The molecule has 0 N–H and O–H groups in total. The van der Waals surface area contributed by atoms with Gasteiger partial charge in [0.25, 0.3) is 7.20 Å². The fourth-order valence-corrected chi connectivity index (χ4v) is 12.4. The lowest BCUT2D eigenvalue weighted by Crippen LogP contribution is -2.24. The van der Waals surface area contributed by atoms with Crippen molar-refractivity contribution in [3.8, 4) is 17.2 Å². The summed E-state index contributed by atoms with van der Waals surface area (Å²) in [5.74, 6) is 2.53. The molecule has 1 heterocycles. The van der Waals surface area contributed by atoms with Crippen molar-refractivity contribution < 1.29 is 18.5 Å². The zero-order valence-corrected chi connectivity index (χ0v) is 20.3. The largest absolute Gasteiger partial charge is 0.496 e. The zero-order chi connectivity index (χ0) is 22.1. The molecular formula is C25H27NO4P2. The van der Waals surface area contributed by atoms with Crippen LogP contribution in [0.1, 0.15) is 30.1 Å². The first-order valence-electron chi connectivity index (χ1n) is 10.8. The zero-order valence-electron chi connectivity index (χ0n) is 18.5. The van der Waals surface area contributed by atoms with E-state index < -0.39 is 14.8 Å². The number of hydrogen-bond acceptors (Lipinski definition) is 5. The van der Waals surface area contributed by atoms with E-state index in [1.165, 1.54) is 11.1 Å². The van der Waals surface area contributed by atoms with Gasteiger partial charge < -0.3 is 18.5 Å². The highest BCUT2D eigenvalue weighted by atomic mass is 32.1. The molecule has 2 aliphatic rings. The van der Waals surface area contributed by atoms with Gasteiger partial charge in [-0.1, -0.05) is 36.4 Å². The highest BCUT2D eigenvalue weighted by Gasteiger charge is 2.46. The van der Waals surface area contributed by atoms with Crippen molar-refractivity contribution in [1.82, 2.24) is 0 Å². The number of ether oxygens (including phenoxy) is 2. The number of para-hydroxylation sites is 2. The molecular weight excluding hydrogens is 440 g/mol. The summed E-state index contributed by atoms with van der Waals surface area (Å²) in [6.07, 6.45) is 3.14. The van der Waals surface area contributed by atoms with E-state index >= 15 is 0 Å². The van der Waals surface area contributed by atoms with Crippen LogP contribution in [-0.2, 0) is 10.9 Å². The maximum Gasteiger partial charge on any atom is 0.292 e. The molecule has 0 saturated heterocycles. The second-order valence-corrected chi connectivity index (χ2v) is 13.8. The fourth-order valence-electron chi connectivity index (χ4n) is 4.57. The Bertz CT molecular complexity index is 1150. The van der Waals surface area contributed by atoms with Gasteiger partial charge in [-0.25, -0.2) is 4.74 Å². The van der Waals surface area contributed by atoms with E-state index in [1.54, 1.807) is 14.2 Å². The van der Waals surface area contributed by atoms with Crippen LogP contribution in [0, 0.1) is 0 Å². The van der Waals surface area contributed by atoms with Crippen molar-refractivity contribution in [3.63, 3.8) is 0 Å². The number of nitrogens with zero attached hydrogens (tertiary/aromatic N) is 1.